The molecule has 1 aliphatic heterocycles. The highest BCUT2D eigenvalue weighted by atomic mass is 16.5. The summed E-state index contributed by atoms with van der Waals surface area (Å²) in [6.45, 7) is 2.14. The summed E-state index contributed by atoms with van der Waals surface area (Å²) in [5.41, 5.74) is 2.05. The molecule has 0 unspecified atom stereocenters. The standard InChI is InChI=1S/C17H18N6O2/c24-17(14-9-22-23-6-5-20-10-15(14)23)21-7-12-1-3-19-11-16(12)25-13-2-4-18-8-13/h1,3,5-6,9-11,13,18H,2,4,7-8H2,(H,21,24)/t13-/m0/s1. The van der Waals surface area contributed by atoms with Gasteiger partial charge in [0, 0.05) is 37.2 Å². The molecule has 0 spiro atoms. The number of carbonyl (C=O) groups excluding carboxylic acids is 1. The van der Waals surface area contributed by atoms with Crippen LogP contribution in [0.3, 0.4) is 0 Å². The van der Waals surface area contributed by atoms with Crippen LogP contribution in [0.5, 0.6) is 5.75 Å². The summed E-state index contributed by atoms with van der Waals surface area (Å²) >= 11 is 0. The van der Waals surface area contributed by atoms with Crippen molar-refractivity contribution in [3.63, 3.8) is 0 Å². The second-order valence-electron chi connectivity index (χ2n) is 5.86. The maximum atomic E-state index is 12.5. The molecule has 4 rings (SSSR count). The van der Waals surface area contributed by atoms with Gasteiger partial charge in [0.05, 0.1) is 29.7 Å². The van der Waals surface area contributed by atoms with E-state index in [9.17, 15) is 4.79 Å². The molecule has 1 atom stereocenters. The molecule has 1 saturated heterocycles. The van der Waals surface area contributed by atoms with E-state index in [0.717, 1.165) is 25.1 Å². The van der Waals surface area contributed by atoms with E-state index < -0.39 is 0 Å². The number of fused-ring (bicyclic) bond motifs is 1. The van der Waals surface area contributed by atoms with Gasteiger partial charge in [-0.05, 0) is 19.0 Å². The van der Waals surface area contributed by atoms with Gasteiger partial charge in [0.15, 0.2) is 0 Å². The number of rotatable bonds is 5. The third-order valence-electron chi connectivity index (χ3n) is 4.19. The molecular weight excluding hydrogens is 320 g/mol. The number of ether oxygens (including phenoxy) is 1. The topological polar surface area (TPSA) is 93.4 Å². The van der Waals surface area contributed by atoms with Gasteiger partial charge in [0.25, 0.3) is 5.91 Å². The number of pyridine rings is 1. The van der Waals surface area contributed by atoms with Crippen LogP contribution in [-0.2, 0) is 6.54 Å². The first-order valence-electron chi connectivity index (χ1n) is 8.17. The zero-order chi connectivity index (χ0) is 17.1. The molecule has 0 saturated carbocycles. The normalized spacial score (nSPS) is 16.9. The van der Waals surface area contributed by atoms with Crippen molar-refractivity contribution in [2.45, 2.75) is 19.1 Å². The molecule has 1 aliphatic rings. The van der Waals surface area contributed by atoms with Crippen LogP contribution in [0.2, 0.25) is 0 Å². The van der Waals surface area contributed by atoms with Crippen molar-refractivity contribution in [3.8, 4) is 5.75 Å². The van der Waals surface area contributed by atoms with Gasteiger partial charge in [-0.1, -0.05) is 0 Å². The summed E-state index contributed by atoms with van der Waals surface area (Å²) < 4.78 is 7.62. The number of nitrogens with zero attached hydrogens (tertiary/aromatic N) is 4. The molecular formula is C17H18N6O2. The maximum absolute atomic E-state index is 12.5. The molecule has 0 bridgehead atoms. The highest BCUT2D eigenvalue weighted by Crippen LogP contribution is 2.20. The van der Waals surface area contributed by atoms with Crippen LogP contribution in [0.1, 0.15) is 22.3 Å². The highest BCUT2D eigenvalue weighted by molar-refractivity contribution is 6.00. The number of hydrogen-bond acceptors (Lipinski definition) is 6. The molecule has 1 amide bonds. The Morgan fingerprint density at radius 1 is 1.32 bits per heavy atom. The van der Waals surface area contributed by atoms with Gasteiger partial charge in [0.2, 0.25) is 0 Å². The third-order valence-corrected chi connectivity index (χ3v) is 4.19. The minimum atomic E-state index is -0.201. The Morgan fingerprint density at radius 2 is 2.24 bits per heavy atom. The fourth-order valence-electron chi connectivity index (χ4n) is 2.85. The van der Waals surface area contributed by atoms with E-state index in [1.807, 2.05) is 6.07 Å². The smallest absolute Gasteiger partial charge is 0.255 e. The molecule has 8 heteroatoms. The Hall–Kier alpha value is -3.00. The fraction of sp³-hybridized carbons (Fsp3) is 0.294. The monoisotopic (exact) mass is 338 g/mol. The number of carbonyl (C=O) groups is 1. The van der Waals surface area contributed by atoms with E-state index in [0.29, 0.717) is 23.4 Å². The van der Waals surface area contributed by atoms with Crippen LogP contribution in [0, 0.1) is 0 Å². The molecule has 2 N–H and O–H groups in total. The summed E-state index contributed by atoms with van der Waals surface area (Å²) in [4.78, 5) is 20.7. The molecule has 3 aromatic heterocycles. The molecule has 0 aromatic carbocycles. The summed E-state index contributed by atoms with van der Waals surface area (Å²) in [6, 6.07) is 1.86. The van der Waals surface area contributed by atoms with Crippen LogP contribution < -0.4 is 15.4 Å². The van der Waals surface area contributed by atoms with E-state index >= 15 is 0 Å². The highest BCUT2D eigenvalue weighted by Gasteiger charge is 2.18. The Labute approximate surface area is 144 Å². The number of amides is 1. The Kier molecular flexibility index (Phi) is 4.26. The summed E-state index contributed by atoms with van der Waals surface area (Å²) in [5.74, 6) is 0.506. The zero-order valence-corrected chi connectivity index (χ0v) is 13.6. The fourth-order valence-corrected chi connectivity index (χ4v) is 2.85. The number of nitrogens with one attached hydrogen (secondary N) is 2. The van der Waals surface area contributed by atoms with E-state index in [4.69, 9.17) is 4.74 Å². The maximum Gasteiger partial charge on any atom is 0.255 e. The van der Waals surface area contributed by atoms with E-state index in [-0.39, 0.29) is 12.0 Å². The van der Waals surface area contributed by atoms with Gasteiger partial charge < -0.3 is 15.4 Å². The average molecular weight is 338 g/mol. The van der Waals surface area contributed by atoms with Crippen molar-refractivity contribution in [2.24, 2.45) is 0 Å². The lowest BCUT2D eigenvalue weighted by atomic mass is 10.2. The zero-order valence-electron chi connectivity index (χ0n) is 13.6. The van der Waals surface area contributed by atoms with Gasteiger partial charge >= 0.3 is 0 Å². The first-order chi connectivity index (χ1) is 12.3. The molecule has 128 valence electrons. The van der Waals surface area contributed by atoms with Gasteiger partial charge in [-0.25, -0.2) is 4.52 Å². The quantitative estimate of drug-likeness (QED) is 0.715. The third kappa shape index (κ3) is 3.29. The van der Waals surface area contributed by atoms with Crippen molar-refractivity contribution >= 4 is 11.4 Å². The van der Waals surface area contributed by atoms with E-state index in [1.165, 1.54) is 0 Å². The number of aromatic nitrogens is 4. The molecule has 0 aliphatic carbocycles. The Balaban J connectivity index is 1.46. The molecule has 0 radical (unpaired) electrons. The number of hydrogen-bond donors (Lipinski definition) is 2. The lowest BCUT2D eigenvalue weighted by Crippen LogP contribution is -2.24. The second kappa shape index (κ2) is 6.86. The van der Waals surface area contributed by atoms with Crippen LogP contribution in [0.4, 0.5) is 0 Å². The van der Waals surface area contributed by atoms with Gasteiger partial charge in [0.1, 0.15) is 11.9 Å². The predicted octanol–water partition coefficient (Wildman–Crippen LogP) is 0.795. The minimum Gasteiger partial charge on any atom is -0.487 e. The lowest BCUT2D eigenvalue weighted by Gasteiger charge is -2.15. The summed E-state index contributed by atoms with van der Waals surface area (Å²) in [5, 5.41) is 10.3. The van der Waals surface area contributed by atoms with Crippen molar-refractivity contribution in [1.29, 1.82) is 0 Å². The largest absolute Gasteiger partial charge is 0.487 e. The van der Waals surface area contributed by atoms with Gasteiger partial charge in [-0.2, -0.15) is 5.10 Å². The molecule has 4 heterocycles. The van der Waals surface area contributed by atoms with Gasteiger partial charge in [-0.15, -0.1) is 0 Å². The SMILES string of the molecule is O=C(NCc1ccncc1O[C@H]1CCNC1)c1cnn2ccncc12. The van der Waals surface area contributed by atoms with Crippen LogP contribution in [-0.4, -0.2) is 44.7 Å². The van der Waals surface area contributed by atoms with Gasteiger partial charge in [-0.3, -0.25) is 14.8 Å². The first kappa shape index (κ1) is 15.5. The molecule has 8 nitrogen and oxygen atoms in total. The Morgan fingerprint density at radius 3 is 3.12 bits per heavy atom. The molecule has 1 fully saturated rings. The minimum absolute atomic E-state index is 0.143. The van der Waals surface area contributed by atoms with Crippen molar-refractivity contribution in [1.82, 2.24) is 30.2 Å². The molecule has 3 aromatic rings. The lowest BCUT2D eigenvalue weighted by molar-refractivity contribution is 0.0952. The summed E-state index contributed by atoms with van der Waals surface area (Å²) in [6.07, 6.45) is 11.0. The Bertz CT molecular complexity index is 887. The first-order valence-corrected chi connectivity index (χ1v) is 8.17. The van der Waals surface area contributed by atoms with Crippen LogP contribution in [0.15, 0.2) is 43.2 Å². The predicted molar refractivity (Wildman–Crippen MR) is 90.3 cm³/mol. The van der Waals surface area contributed by atoms with E-state index in [1.54, 1.807) is 41.7 Å². The second-order valence-corrected chi connectivity index (χ2v) is 5.86. The molecule has 25 heavy (non-hydrogen) atoms. The summed E-state index contributed by atoms with van der Waals surface area (Å²) in [7, 11) is 0. The van der Waals surface area contributed by atoms with Crippen molar-refractivity contribution in [3.05, 3.63) is 54.4 Å². The van der Waals surface area contributed by atoms with E-state index in [2.05, 4.69) is 25.7 Å². The average Bonchev–Trinajstić information content (AvgIpc) is 3.30. The van der Waals surface area contributed by atoms with Crippen LogP contribution in [0.25, 0.3) is 5.52 Å². The van der Waals surface area contributed by atoms with Crippen molar-refractivity contribution < 1.29 is 9.53 Å². The van der Waals surface area contributed by atoms with Crippen LogP contribution >= 0.6 is 0 Å². The van der Waals surface area contributed by atoms with Crippen molar-refractivity contribution in [2.75, 3.05) is 13.1 Å².